The molecule has 2 aliphatic rings. The Morgan fingerprint density at radius 3 is 2.42 bits per heavy atom. The Morgan fingerprint density at radius 1 is 1.09 bits per heavy atom. The van der Waals surface area contributed by atoms with Gasteiger partial charge in [0.05, 0.1) is 0 Å². The molecule has 6 nitrogen and oxygen atoms in total. The molecule has 188 valence electrons. The van der Waals surface area contributed by atoms with Crippen molar-refractivity contribution >= 4 is 29.9 Å². The van der Waals surface area contributed by atoms with Gasteiger partial charge in [-0.1, -0.05) is 43.2 Å². The number of halogens is 1. The Balaban J connectivity index is 0.00000385. The number of guanidine groups is 1. The Kier molecular flexibility index (Phi) is 12.4. The largest absolute Gasteiger partial charge is 0.385 e. The molecule has 1 atom stereocenters. The Hall–Kier alpha value is -0.900. The molecule has 2 fully saturated rings. The van der Waals surface area contributed by atoms with E-state index < -0.39 is 0 Å². The zero-order valence-electron chi connectivity index (χ0n) is 20.8. The normalized spacial score (nSPS) is 20.6. The van der Waals surface area contributed by atoms with Crippen LogP contribution < -0.4 is 16.0 Å². The van der Waals surface area contributed by atoms with E-state index in [-0.39, 0.29) is 35.6 Å². The molecule has 0 aromatic heterocycles. The van der Waals surface area contributed by atoms with Crippen molar-refractivity contribution in [1.29, 1.82) is 0 Å². The quantitative estimate of drug-likeness (QED) is 0.205. The van der Waals surface area contributed by atoms with Crippen molar-refractivity contribution in [2.24, 2.45) is 10.4 Å². The van der Waals surface area contributed by atoms with Crippen LogP contribution in [0.1, 0.15) is 70.4 Å². The maximum atomic E-state index is 5.71. The summed E-state index contributed by atoms with van der Waals surface area (Å²) in [6, 6.07) is 11.0. The van der Waals surface area contributed by atoms with Crippen molar-refractivity contribution in [3.63, 3.8) is 0 Å². The molecule has 33 heavy (non-hydrogen) atoms. The van der Waals surface area contributed by atoms with Gasteiger partial charge >= 0.3 is 0 Å². The van der Waals surface area contributed by atoms with E-state index in [1.54, 1.807) is 7.11 Å². The van der Waals surface area contributed by atoms with Gasteiger partial charge in [-0.3, -0.25) is 4.99 Å². The molecule has 1 aromatic carbocycles. The van der Waals surface area contributed by atoms with Crippen molar-refractivity contribution in [1.82, 2.24) is 16.0 Å². The van der Waals surface area contributed by atoms with Gasteiger partial charge in [-0.15, -0.1) is 24.0 Å². The third-order valence-electron chi connectivity index (χ3n) is 7.28. The van der Waals surface area contributed by atoms with Gasteiger partial charge in [0.1, 0.15) is 0 Å². The molecule has 1 aromatic rings. The lowest BCUT2D eigenvalue weighted by Gasteiger charge is -2.41. The molecule has 1 saturated carbocycles. The molecule has 3 rings (SSSR count). The third kappa shape index (κ3) is 8.67. The molecule has 1 heterocycles. The second-order valence-corrected chi connectivity index (χ2v) is 9.67. The van der Waals surface area contributed by atoms with E-state index in [1.807, 2.05) is 0 Å². The van der Waals surface area contributed by atoms with Gasteiger partial charge in [0, 0.05) is 58.1 Å². The van der Waals surface area contributed by atoms with Crippen LogP contribution in [0.5, 0.6) is 0 Å². The summed E-state index contributed by atoms with van der Waals surface area (Å²) < 4.78 is 11.1. The van der Waals surface area contributed by atoms with E-state index >= 15 is 0 Å². The summed E-state index contributed by atoms with van der Waals surface area (Å²) in [5.74, 6) is 0.927. The number of methoxy groups -OCH3 is 1. The average Bonchev–Trinajstić information content (AvgIpc) is 3.30. The van der Waals surface area contributed by atoms with E-state index in [1.165, 1.54) is 31.2 Å². The van der Waals surface area contributed by atoms with Crippen molar-refractivity contribution in [2.45, 2.75) is 70.4 Å². The highest BCUT2D eigenvalue weighted by Gasteiger charge is 2.35. The summed E-state index contributed by atoms with van der Waals surface area (Å²) in [6.45, 7) is 9.37. The average molecular weight is 573 g/mol. The standard InChI is InChI=1S/C26H44N4O2.HI/c1-4-27-24(28-20-25(14-17-31-3)12-8-9-13-25)29-21-26(15-18-32-19-16-26)30-22(2)23-10-6-5-7-11-23;/h5-7,10-11,22,30H,4,8-9,12-21H2,1-3H3,(H2,27,28,29);1H. The van der Waals surface area contributed by atoms with Crippen LogP contribution in [0.2, 0.25) is 0 Å². The van der Waals surface area contributed by atoms with Crippen LogP contribution in [-0.4, -0.2) is 58.1 Å². The summed E-state index contributed by atoms with van der Waals surface area (Å²) in [7, 11) is 1.80. The number of nitrogens with one attached hydrogen (secondary N) is 3. The van der Waals surface area contributed by atoms with Gasteiger partial charge in [0.15, 0.2) is 5.96 Å². The maximum absolute atomic E-state index is 5.71. The summed E-state index contributed by atoms with van der Waals surface area (Å²) >= 11 is 0. The number of hydrogen-bond donors (Lipinski definition) is 3. The first-order valence-electron chi connectivity index (χ1n) is 12.5. The van der Waals surface area contributed by atoms with Crippen molar-refractivity contribution in [3.8, 4) is 0 Å². The molecule has 1 saturated heterocycles. The highest BCUT2D eigenvalue weighted by molar-refractivity contribution is 14.0. The van der Waals surface area contributed by atoms with E-state index in [0.717, 1.165) is 64.7 Å². The van der Waals surface area contributed by atoms with Gasteiger partial charge in [-0.2, -0.15) is 0 Å². The summed E-state index contributed by atoms with van der Waals surface area (Å²) in [4.78, 5) is 5.05. The summed E-state index contributed by atoms with van der Waals surface area (Å²) in [5, 5.41) is 11.1. The minimum atomic E-state index is -0.00913. The van der Waals surface area contributed by atoms with E-state index in [9.17, 15) is 0 Å². The number of benzene rings is 1. The lowest BCUT2D eigenvalue weighted by Crippen LogP contribution is -2.58. The molecule has 3 N–H and O–H groups in total. The molecule has 7 heteroatoms. The fraction of sp³-hybridized carbons (Fsp3) is 0.731. The van der Waals surface area contributed by atoms with E-state index in [4.69, 9.17) is 14.5 Å². The molecule has 1 aliphatic carbocycles. The number of aliphatic imine (C=N–C) groups is 1. The summed E-state index contributed by atoms with van der Waals surface area (Å²) in [6.07, 6.45) is 8.24. The van der Waals surface area contributed by atoms with E-state index in [0.29, 0.717) is 5.41 Å². The fourth-order valence-corrected chi connectivity index (χ4v) is 5.19. The number of ether oxygens (including phenoxy) is 2. The highest BCUT2D eigenvalue weighted by atomic mass is 127. The van der Waals surface area contributed by atoms with Crippen LogP contribution in [-0.2, 0) is 9.47 Å². The first-order chi connectivity index (χ1) is 15.6. The number of rotatable bonds is 11. The monoisotopic (exact) mass is 572 g/mol. The Bertz CT molecular complexity index is 689. The molecular weight excluding hydrogens is 527 g/mol. The van der Waals surface area contributed by atoms with Gasteiger partial charge in [-0.25, -0.2) is 0 Å². The third-order valence-corrected chi connectivity index (χ3v) is 7.28. The van der Waals surface area contributed by atoms with Crippen LogP contribution in [0.15, 0.2) is 35.3 Å². The molecule has 1 unspecified atom stereocenters. The van der Waals surface area contributed by atoms with Crippen LogP contribution >= 0.6 is 24.0 Å². The van der Waals surface area contributed by atoms with Crippen molar-refractivity contribution < 1.29 is 9.47 Å². The zero-order valence-corrected chi connectivity index (χ0v) is 23.2. The smallest absolute Gasteiger partial charge is 0.191 e. The molecule has 1 aliphatic heterocycles. The molecular formula is C26H45IN4O2. The maximum Gasteiger partial charge on any atom is 0.191 e. The lowest BCUT2D eigenvalue weighted by atomic mass is 9.83. The van der Waals surface area contributed by atoms with Crippen molar-refractivity contribution in [3.05, 3.63) is 35.9 Å². The van der Waals surface area contributed by atoms with Gasteiger partial charge in [0.2, 0.25) is 0 Å². The lowest BCUT2D eigenvalue weighted by molar-refractivity contribution is 0.0354. The van der Waals surface area contributed by atoms with E-state index in [2.05, 4.69) is 60.1 Å². The molecule has 0 bridgehead atoms. The van der Waals surface area contributed by atoms with Gasteiger partial charge < -0.3 is 25.4 Å². The van der Waals surface area contributed by atoms with Crippen LogP contribution in [0.3, 0.4) is 0 Å². The SMILES string of the molecule is CCNC(=NCC1(CCOC)CCCC1)NCC1(NC(C)c2ccccc2)CCOCC1.I. The van der Waals surface area contributed by atoms with Crippen LogP contribution in [0.4, 0.5) is 0 Å². The Labute approximate surface area is 218 Å². The van der Waals surface area contributed by atoms with Gasteiger partial charge in [-0.05, 0) is 56.9 Å². The fourth-order valence-electron chi connectivity index (χ4n) is 5.19. The highest BCUT2D eigenvalue weighted by Crippen LogP contribution is 2.41. The number of nitrogens with zero attached hydrogens (tertiary/aromatic N) is 1. The van der Waals surface area contributed by atoms with Crippen molar-refractivity contribution in [2.75, 3.05) is 46.6 Å². The first-order valence-corrected chi connectivity index (χ1v) is 12.5. The molecule has 0 radical (unpaired) electrons. The summed E-state index contributed by atoms with van der Waals surface area (Å²) in [5.41, 5.74) is 1.61. The topological polar surface area (TPSA) is 66.9 Å². The predicted molar refractivity (Wildman–Crippen MR) is 148 cm³/mol. The van der Waals surface area contributed by atoms with Crippen LogP contribution in [0.25, 0.3) is 0 Å². The Morgan fingerprint density at radius 2 is 1.79 bits per heavy atom. The second kappa shape index (κ2) is 14.5. The molecule has 0 spiro atoms. The minimum Gasteiger partial charge on any atom is -0.385 e. The predicted octanol–water partition coefficient (Wildman–Crippen LogP) is 4.66. The van der Waals surface area contributed by atoms with Gasteiger partial charge in [0.25, 0.3) is 0 Å². The van der Waals surface area contributed by atoms with Crippen LogP contribution in [0, 0.1) is 5.41 Å². The zero-order chi connectivity index (χ0) is 22.7. The molecule has 0 amide bonds. The second-order valence-electron chi connectivity index (χ2n) is 9.67. The minimum absolute atomic E-state index is 0. The number of hydrogen-bond acceptors (Lipinski definition) is 4. The first kappa shape index (κ1) is 28.3.